The molecule has 2 aliphatic rings. The lowest BCUT2D eigenvalue weighted by Crippen LogP contribution is -2.46. The highest BCUT2D eigenvalue weighted by atomic mass is 16.2. The van der Waals surface area contributed by atoms with Crippen LogP contribution in [0.15, 0.2) is 0 Å². The smallest absolute Gasteiger partial charge is 0.322 e. The first-order valence-electron chi connectivity index (χ1n) is 5.26. The summed E-state index contributed by atoms with van der Waals surface area (Å²) in [6.45, 7) is 2.20. The normalized spacial score (nSPS) is 37.9. The van der Waals surface area contributed by atoms with Gasteiger partial charge in [0.1, 0.15) is 5.54 Å². The predicted octanol–water partition coefficient (Wildman–Crippen LogP) is 1.16. The van der Waals surface area contributed by atoms with Gasteiger partial charge in [0.2, 0.25) is 0 Å². The van der Waals surface area contributed by atoms with E-state index in [1.165, 1.54) is 0 Å². The molecule has 0 bridgehead atoms. The second kappa shape index (κ2) is 3.26. The maximum absolute atomic E-state index is 11.6. The fourth-order valence-electron chi connectivity index (χ4n) is 2.39. The van der Waals surface area contributed by atoms with E-state index in [9.17, 15) is 9.59 Å². The molecule has 2 unspecified atom stereocenters. The second-order valence-corrected chi connectivity index (χ2v) is 4.53. The van der Waals surface area contributed by atoms with E-state index in [1.54, 1.807) is 0 Å². The Morgan fingerprint density at radius 2 is 2.07 bits per heavy atom. The van der Waals surface area contributed by atoms with E-state index in [4.69, 9.17) is 0 Å². The van der Waals surface area contributed by atoms with Crippen LogP contribution >= 0.6 is 0 Å². The topological polar surface area (TPSA) is 58.2 Å². The lowest BCUT2D eigenvalue weighted by atomic mass is 9.90. The van der Waals surface area contributed by atoms with Crippen LogP contribution in [0, 0.1) is 5.92 Å². The van der Waals surface area contributed by atoms with Gasteiger partial charge in [-0.05, 0) is 25.2 Å². The number of hydrogen-bond donors (Lipinski definition) is 2. The van der Waals surface area contributed by atoms with Gasteiger partial charge in [-0.25, -0.2) is 4.79 Å². The molecule has 2 fully saturated rings. The molecule has 14 heavy (non-hydrogen) atoms. The molecule has 3 amide bonds. The number of urea groups is 1. The minimum Gasteiger partial charge on any atom is -0.323 e. The second-order valence-electron chi connectivity index (χ2n) is 4.53. The fraction of sp³-hybridized carbons (Fsp3) is 0.800. The van der Waals surface area contributed by atoms with E-state index < -0.39 is 5.54 Å². The highest BCUT2D eigenvalue weighted by molar-refractivity contribution is 6.06. The largest absolute Gasteiger partial charge is 0.323 e. The molecular formula is C10H16N2O2. The van der Waals surface area contributed by atoms with Crippen molar-refractivity contribution in [2.45, 2.75) is 44.6 Å². The first kappa shape index (κ1) is 9.49. The summed E-state index contributed by atoms with van der Waals surface area (Å²) in [5.74, 6) is 0.538. The lowest BCUT2D eigenvalue weighted by molar-refractivity contribution is -0.124. The van der Waals surface area contributed by atoms with Crippen LogP contribution in [-0.4, -0.2) is 17.5 Å². The molecule has 0 aromatic carbocycles. The molecule has 0 aromatic rings. The molecular weight excluding hydrogens is 180 g/mol. The lowest BCUT2D eigenvalue weighted by Gasteiger charge is -2.23. The average molecular weight is 196 g/mol. The van der Waals surface area contributed by atoms with E-state index in [1.807, 2.05) is 0 Å². The minimum absolute atomic E-state index is 0.128. The number of rotatable bonds is 0. The third-order valence-electron chi connectivity index (χ3n) is 3.38. The molecule has 0 aromatic heterocycles. The zero-order valence-electron chi connectivity index (χ0n) is 8.43. The molecule has 1 heterocycles. The quantitative estimate of drug-likeness (QED) is 0.571. The zero-order valence-corrected chi connectivity index (χ0v) is 8.43. The summed E-state index contributed by atoms with van der Waals surface area (Å²) in [7, 11) is 0. The van der Waals surface area contributed by atoms with Crippen molar-refractivity contribution < 1.29 is 9.59 Å². The summed E-state index contributed by atoms with van der Waals surface area (Å²) < 4.78 is 0. The standard InChI is InChI=1S/C10H16N2O2/c1-7-3-2-5-10(6-4-7)8(13)11-9(14)12-10/h7H,2-6H2,1H3,(H2,11,12,13,14). The molecule has 78 valence electrons. The van der Waals surface area contributed by atoms with Gasteiger partial charge < -0.3 is 5.32 Å². The van der Waals surface area contributed by atoms with Crippen molar-refractivity contribution >= 4 is 11.9 Å². The van der Waals surface area contributed by atoms with Crippen molar-refractivity contribution in [3.8, 4) is 0 Å². The van der Waals surface area contributed by atoms with Crippen molar-refractivity contribution in [2.75, 3.05) is 0 Å². The fourth-order valence-corrected chi connectivity index (χ4v) is 2.39. The molecule has 2 atom stereocenters. The third kappa shape index (κ3) is 1.49. The number of nitrogens with one attached hydrogen (secondary N) is 2. The Hall–Kier alpha value is -1.06. The van der Waals surface area contributed by atoms with E-state index >= 15 is 0 Å². The molecule has 2 N–H and O–H groups in total. The average Bonchev–Trinajstić information content (AvgIpc) is 2.31. The number of carbonyl (C=O) groups excluding carboxylic acids is 2. The minimum atomic E-state index is -0.582. The third-order valence-corrected chi connectivity index (χ3v) is 3.38. The monoisotopic (exact) mass is 196 g/mol. The Labute approximate surface area is 83.4 Å². The van der Waals surface area contributed by atoms with Gasteiger partial charge in [0.25, 0.3) is 5.91 Å². The van der Waals surface area contributed by atoms with Crippen LogP contribution in [0.5, 0.6) is 0 Å². The van der Waals surface area contributed by atoms with Crippen molar-refractivity contribution in [3.63, 3.8) is 0 Å². The van der Waals surface area contributed by atoms with Crippen LogP contribution in [-0.2, 0) is 4.79 Å². The highest BCUT2D eigenvalue weighted by Gasteiger charge is 2.46. The number of hydrogen-bond acceptors (Lipinski definition) is 2. The van der Waals surface area contributed by atoms with Crippen LogP contribution in [0.25, 0.3) is 0 Å². The van der Waals surface area contributed by atoms with Gasteiger partial charge in [-0.1, -0.05) is 19.8 Å². The van der Waals surface area contributed by atoms with Gasteiger partial charge in [-0.15, -0.1) is 0 Å². The number of carbonyl (C=O) groups is 2. The van der Waals surface area contributed by atoms with Gasteiger partial charge >= 0.3 is 6.03 Å². The van der Waals surface area contributed by atoms with Gasteiger partial charge in [0.15, 0.2) is 0 Å². The van der Waals surface area contributed by atoms with Crippen LogP contribution < -0.4 is 10.6 Å². The molecule has 1 saturated heterocycles. The van der Waals surface area contributed by atoms with Gasteiger partial charge in [0.05, 0.1) is 0 Å². The molecule has 1 saturated carbocycles. The van der Waals surface area contributed by atoms with Crippen molar-refractivity contribution in [1.82, 2.24) is 10.6 Å². The predicted molar refractivity (Wildman–Crippen MR) is 51.7 cm³/mol. The summed E-state index contributed by atoms with van der Waals surface area (Å²) in [4.78, 5) is 22.7. The van der Waals surface area contributed by atoms with Crippen LogP contribution in [0.1, 0.15) is 39.0 Å². The molecule has 1 aliphatic heterocycles. The summed E-state index contributed by atoms with van der Waals surface area (Å²) in [5, 5.41) is 5.11. The SMILES string of the molecule is CC1CCCC2(CC1)NC(=O)NC2=O. The highest BCUT2D eigenvalue weighted by Crippen LogP contribution is 2.32. The van der Waals surface area contributed by atoms with Crippen LogP contribution in [0.2, 0.25) is 0 Å². The number of imide groups is 1. The van der Waals surface area contributed by atoms with E-state index in [0.29, 0.717) is 5.92 Å². The van der Waals surface area contributed by atoms with Crippen molar-refractivity contribution in [1.29, 1.82) is 0 Å². The van der Waals surface area contributed by atoms with Crippen molar-refractivity contribution in [2.24, 2.45) is 5.92 Å². The molecule has 0 radical (unpaired) electrons. The summed E-state index contributed by atoms with van der Waals surface area (Å²) in [5.41, 5.74) is -0.582. The number of amides is 3. The summed E-state index contributed by atoms with van der Waals surface area (Å²) >= 11 is 0. The summed E-state index contributed by atoms with van der Waals surface area (Å²) in [6, 6.07) is -0.329. The molecule has 1 spiro atoms. The Balaban J connectivity index is 2.15. The summed E-state index contributed by atoms with van der Waals surface area (Å²) in [6.07, 6.45) is 4.77. The first-order chi connectivity index (χ1) is 6.62. The molecule has 1 aliphatic carbocycles. The van der Waals surface area contributed by atoms with Gasteiger partial charge in [0, 0.05) is 0 Å². The molecule has 4 nitrogen and oxygen atoms in total. The maximum Gasteiger partial charge on any atom is 0.322 e. The molecule has 2 rings (SSSR count). The van der Waals surface area contributed by atoms with E-state index in [2.05, 4.69) is 17.6 Å². The van der Waals surface area contributed by atoms with Gasteiger partial charge in [-0.3, -0.25) is 10.1 Å². The van der Waals surface area contributed by atoms with Crippen molar-refractivity contribution in [3.05, 3.63) is 0 Å². The molecule has 4 heteroatoms. The Bertz CT molecular complexity index is 277. The Morgan fingerprint density at radius 1 is 1.29 bits per heavy atom. The Morgan fingerprint density at radius 3 is 2.71 bits per heavy atom. The van der Waals surface area contributed by atoms with E-state index in [0.717, 1.165) is 32.1 Å². The van der Waals surface area contributed by atoms with Crippen LogP contribution in [0.3, 0.4) is 0 Å². The van der Waals surface area contributed by atoms with Gasteiger partial charge in [-0.2, -0.15) is 0 Å². The maximum atomic E-state index is 11.6. The first-order valence-corrected chi connectivity index (χ1v) is 5.26. The van der Waals surface area contributed by atoms with Crippen LogP contribution in [0.4, 0.5) is 4.79 Å². The zero-order chi connectivity index (χ0) is 10.2. The Kier molecular flexibility index (Phi) is 2.21. The van der Waals surface area contributed by atoms with E-state index in [-0.39, 0.29) is 11.9 Å².